The predicted molar refractivity (Wildman–Crippen MR) is 246 cm³/mol. The van der Waals surface area contributed by atoms with E-state index in [-0.39, 0.29) is 0 Å². The van der Waals surface area contributed by atoms with Crippen LogP contribution in [0, 0.1) is 0 Å². The predicted octanol–water partition coefficient (Wildman–Crippen LogP) is 14.6. The molecule has 0 fully saturated rings. The van der Waals surface area contributed by atoms with Gasteiger partial charge in [0.25, 0.3) is 0 Å². The van der Waals surface area contributed by atoms with Crippen molar-refractivity contribution < 1.29 is 4.42 Å². The molecule has 0 bridgehead atoms. The molecule has 11 aromatic rings. The smallest absolute Gasteiger partial charge is 0.160 e. The quantitative estimate of drug-likeness (QED) is 0.169. The third-order valence-electron chi connectivity index (χ3n) is 12.4. The van der Waals surface area contributed by atoms with Gasteiger partial charge in [-0.3, -0.25) is 0 Å². The normalized spacial score (nSPS) is 12.8. The second kappa shape index (κ2) is 13.6. The number of furan rings is 1. The van der Waals surface area contributed by atoms with E-state index in [1.165, 1.54) is 44.2 Å². The summed E-state index contributed by atoms with van der Waals surface area (Å²) in [6.07, 6.45) is 0. The summed E-state index contributed by atoms with van der Waals surface area (Å²) in [7, 11) is 0. The molecule has 0 unspecified atom stereocenters. The first kappa shape index (κ1) is 34.2. The highest BCUT2D eigenvalue weighted by atomic mass is 16.3. The lowest BCUT2D eigenvalue weighted by Crippen LogP contribution is -2.28. The first-order valence-corrected chi connectivity index (χ1v) is 20.5. The number of benzene rings is 9. The van der Waals surface area contributed by atoms with E-state index in [4.69, 9.17) is 14.4 Å². The molecular formula is C57H36N2O. The minimum Gasteiger partial charge on any atom is -0.456 e. The molecule has 0 spiro atoms. The second-order valence-corrected chi connectivity index (χ2v) is 15.6. The molecule has 0 saturated carbocycles. The molecule has 9 aromatic carbocycles. The van der Waals surface area contributed by atoms with Crippen LogP contribution in [0.25, 0.3) is 88.9 Å². The minimum absolute atomic E-state index is 0.502. The van der Waals surface area contributed by atoms with Crippen LogP contribution in [0.2, 0.25) is 0 Å². The van der Waals surface area contributed by atoms with Gasteiger partial charge in [0.05, 0.1) is 16.8 Å². The Morgan fingerprint density at radius 3 is 1.77 bits per heavy atom. The van der Waals surface area contributed by atoms with Gasteiger partial charge >= 0.3 is 0 Å². The van der Waals surface area contributed by atoms with Crippen molar-refractivity contribution in [2.45, 2.75) is 5.41 Å². The Morgan fingerprint density at radius 1 is 0.367 bits per heavy atom. The number of aromatic nitrogens is 2. The van der Waals surface area contributed by atoms with Crippen LogP contribution in [0.1, 0.15) is 22.3 Å². The molecular weight excluding hydrogens is 729 g/mol. The fourth-order valence-electron chi connectivity index (χ4n) is 9.72. The van der Waals surface area contributed by atoms with Gasteiger partial charge in [0, 0.05) is 27.5 Å². The molecule has 1 aliphatic rings. The molecule has 0 radical (unpaired) electrons. The van der Waals surface area contributed by atoms with Crippen LogP contribution in [0.15, 0.2) is 223 Å². The molecule has 0 aliphatic heterocycles. The summed E-state index contributed by atoms with van der Waals surface area (Å²) >= 11 is 0. The van der Waals surface area contributed by atoms with E-state index in [1.807, 2.05) is 18.2 Å². The summed E-state index contributed by atoms with van der Waals surface area (Å²) in [6.45, 7) is 0. The van der Waals surface area contributed by atoms with Crippen molar-refractivity contribution in [3.8, 4) is 56.2 Å². The Balaban J connectivity index is 1.01. The zero-order valence-corrected chi connectivity index (χ0v) is 32.6. The van der Waals surface area contributed by atoms with E-state index in [2.05, 4.69) is 200 Å². The SMILES string of the molecule is c1ccc(-c2nc(-c3ccc(-c4ccc5c(c4)oc4ccc6ccccc6c45)cc3)cc(-c3cccc4c3-c3ccccc3C4(c3ccccc3)c3ccccc3)n2)cc1. The summed E-state index contributed by atoms with van der Waals surface area (Å²) in [5.41, 5.74) is 15.7. The molecule has 2 aromatic heterocycles. The fraction of sp³-hybridized carbons (Fsp3) is 0.0175. The first-order valence-electron chi connectivity index (χ1n) is 20.5. The molecule has 3 heteroatoms. The summed E-state index contributed by atoms with van der Waals surface area (Å²) < 4.78 is 6.43. The Hall–Kier alpha value is -7.88. The van der Waals surface area contributed by atoms with E-state index in [0.717, 1.165) is 61.1 Å². The number of hydrogen-bond acceptors (Lipinski definition) is 3. The van der Waals surface area contributed by atoms with Gasteiger partial charge in [0.15, 0.2) is 5.82 Å². The standard InChI is InChI=1S/C57H36N2O/c1-4-16-40(17-5-1)56-58-50(39-29-27-37(28-30-39)41-31-33-47-53(35-41)60-52-34-32-38-15-10-11-22-44(38)55(47)52)36-51(59-56)46-24-14-26-49-54(46)45-23-12-13-25-48(45)57(49,42-18-6-2-7-19-42)43-20-8-3-9-21-43/h1-36H. The highest BCUT2D eigenvalue weighted by Gasteiger charge is 2.46. The van der Waals surface area contributed by atoms with Crippen LogP contribution in [-0.2, 0) is 5.41 Å². The summed E-state index contributed by atoms with van der Waals surface area (Å²) in [4.78, 5) is 10.6. The van der Waals surface area contributed by atoms with E-state index < -0.39 is 5.41 Å². The lowest BCUT2D eigenvalue weighted by Gasteiger charge is -2.33. The van der Waals surface area contributed by atoms with Crippen LogP contribution < -0.4 is 0 Å². The van der Waals surface area contributed by atoms with Crippen molar-refractivity contribution >= 4 is 32.7 Å². The van der Waals surface area contributed by atoms with E-state index in [1.54, 1.807) is 0 Å². The average molecular weight is 765 g/mol. The number of fused-ring (bicyclic) bond motifs is 8. The van der Waals surface area contributed by atoms with Crippen molar-refractivity contribution in [3.63, 3.8) is 0 Å². The van der Waals surface area contributed by atoms with E-state index >= 15 is 0 Å². The Labute approximate surface area is 347 Å². The zero-order chi connectivity index (χ0) is 39.6. The molecule has 0 amide bonds. The van der Waals surface area contributed by atoms with Crippen LogP contribution in [-0.4, -0.2) is 9.97 Å². The van der Waals surface area contributed by atoms with E-state index in [0.29, 0.717) is 5.82 Å². The van der Waals surface area contributed by atoms with Crippen LogP contribution in [0.4, 0.5) is 0 Å². The van der Waals surface area contributed by atoms with Gasteiger partial charge in [0.2, 0.25) is 0 Å². The van der Waals surface area contributed by atoms with Gasteiger partial charge in [0.1, 0.15) is 11.2 Å². The number of rotatable bonds is 6. The highest BCUT2D eigenvalue weighted by Crippen LogP contribution is 2.58. The molecule has 60 heavy (non-hydrogen) atoms. The maximum Gasteiger partial charge on any atom is 0.160 e. The maximum absolute atomic E-state index is 6.43. The van der Waals surface area contributed by atoms with Crippen molar-refractivity contribution in [1.29, 1.82) is 0 Å². The third kappa shape index (κ3) is 5.23. The average Bonchev–Trinajstić information content (AvgIpc) is 3.86. The van der Waals surface area contributed by atoms with Crippen molar-refractivity contribution in [2.75, 3.05) is 0 Å². The van der Waals surface area contributed by atoms with Gasteiger partial charge < -0.3 is 4.42 Å². The molecule has 1 aliphatic carbocycles. The van der Waals surface area contributed by atoms with Crippen molar-refractivity contribution in [1.82, 2.24) is 9.97 Å². The summed E-state index contributed by atoms with van der Waals surface area (Å²) in [5.74, 6) is 0.691. The van der Waals surface area contributed by atoms with Crippen molar-refractivity contribution in [3.05, 3.63) is 241 Å². The third-order valence-corrected chi connectivity index (χ3v) is 12.4. The number of nitrogens with zero attached hydrogens (tertiary/aromatic N) is 2. The Morgan fingerprint density at radius 2 is 0.983 bits per heavy atom. The van der Waals surface area contributed by atoms with Gasteiger partial charge in [-0.05, 0) is 79.5 Å². The van der Waals surface area contributed by atoms with Gasteiger partial charge in [-0.25, -0.2) is 9.97 Å². The van der Waals surface area contributed by atoms with Crippen LogP contribution >= 0.6 is 0 Å². The molecule has 0 atom stereocenters. The van der Waals surface area contributed by atoms with Crippen molar-refractivity contribution in [2.24, 2.45) is 0 Å². The largest absolute Gasteiger partial charge is 0.456 e. The monoisotopic (exact) mass is 764 g/mol. The fourth-order valence-corrected chi connectivity index (χ4v) is 9.72. The van der Waals surface area contributed by atoms with Crippen LogP contribution in [0.5, 0.6) is 0 Å². The molecule has 2 heterocycles. The Bertz CT molecular complexity index is 3370. The molecule has 280 valence electrons. The first-order chi connectivity index (χ1) is 29.7. The second-order valence-electron chi connectivity index (χ2n) is 15.6. The summed E-state index contributed by atoms with van der Waals surface area (Å²) in [5, 5.41) is 4.71. The van der Waals surface area contributed by atoms with Crippen LogP contribution in [0.3, 0.4) is 0 Å². The van der Waals surface area contributed by atoms with Gasteiger partial charge in [-0.1, -0.05) is 194 Å². The lowest BCUT2D eigenvalue weighted by molar-refractivity contribution is 0.669. The van der Waals surface area contributed by atoms with Gasteiger partial charge in [-0.15, -0.1) is 0 Å². The molecule has 12 rings (SSSR count). The maximum atomic E-state index is 6.43. The van der Waals surface area contributed by atoms with E-state index in [9.17, 15) is 0 Å². The Kier molecular flexibility index (Phi) is 7.76. The molecule has 3 nitrogen and oxygen atoms in total. The van der Waals surface area contributed by atoms with Gasteiger partial charge in [-0.2, -0.15) is 0 Å². The molecule has 0 saturated heterocycles. The highest BCUT2D eigenvalue weighted by molar-refractivity contribution is 6.19. The number of hydrogen-bond donors (Lipinski definition) is 0. The zero-order valence-electron chi connectivity index (χ0n) is 32.6. The topological polar surface area (TPSA) is 38.9 Å². The summed E-state index contributed by atoms with van der Waals surface area (Å²) in [6, 6.07) is 77.9. The molecule has 0 N–H and O–H groups in total. The lowest BCUT2D eigenvalue weighted by atomic mass is 9.67. The minimum atomic E-state index is -0.502.